The van der Waals surface area contributed by atoms with E-state index in [1.807, 2.05) is 5.43 Å². The second-order valence-electron chi connectivity index (χ2n) is 3.36. The Labute approximate surface area is 106 Å². The summed E-state index contributed by atoms with van der Waals surface area (Å²) in [4.78, 5) is 18.2. The SMILES string of the molecule is NNc1ncnc(N(CCO)CC(F)F)c1[N+](=O)[O-]. The van der Waals surface area contributed by atoms with Crippen molar-refractivity contribution in [2.45, 2.75) is 6.43 Å². The van der Waals surface area contributed by atoms with Crippen LogP contribution < -0.4 is 16.2 Å². The van der Waals surface area contributed by atoms with E-state index in [9.17, 15) is 18.9 Å². The number of hydrogen-bond donors (Lipinski definition) is 3. The summed E-state index contributed by atoms with van der Waals surface area (Å²) in [6, 6.07) is 0. The number of aliphatic hydroxyl groups is 1. The van der Waals surface area contributed by atoms with E-state index >= 15 is 0 Å². The van der Waals surface area contributed by atoms with Gasteiger partial charge in [0.15, 0.2) is 0 Å². The molecule has 0 aromatic carbocycles. The van der Waals surface area contributed by atoms with Gasteiger partial charge in [-0.3, -0.25) is 10.1 Å². The van der Waals surface area contributed by atoms with Crippen molar-refractivity contribution in [3.8, 4) is 0 Å². The Bertz CT molecular complexity index is 446. The van der Waals surface area contributed by atoms with Crippen LogP contribution in [0.5, 0.6) is 0 Å². The number of hydrogen-bond acceptors (Lipinski definition) is 8. The van der Waals surface area contributed by atoms with Crippen molar-refractivity contribution in [1.29, 1.82) is 0 Å². The number of nitrogens with zero attached hydrogens (tertiary/aromatic N) is 4. The lowest BCUT2D eigenvalue weighted by Gasteiger charge is -2.22. The number of anilines is 2. The third kappa shape index (κ3) is 3.66. The topological polar surface area (TPSA) is 130 Å². The maximum atomic E-state index is 12.4. The molecule has 0 radical (unpaired) electrons. The highest BCUT2D eigenvalue weighted by Crippen LogP contribution is 2.31. The number of aliphatic hydroxyl groups excluding tert-OH is 1. The molecule has 0 saturated carbocycles. The molecule has 1 rings (SSSR count). The number of rotatable bonds is 7. The molecule has 1 heterocycles. The van der Waals surface area contributed by atoms with Gasteiger partial charge in [0.05, 0.1) is 18.1 Å². The Kier molecular flexibility index (Phi) is 5.26. The fourth-order valence-corrected chi connectivity index (χ4v) is 1.45. The molecule has 0 atom stereocenters. The lowest BCUT2D eigenvalue weighted by Crippen LogP contribution is -2.33. The number of nitrogen functional groups attached to an aromatic ring is 1. The molecule has 0 aliphatic heterocycles. The minimum Gasteiger partial charge on any atom is -0.395 e. The number of nitro groups is 1. The molecule has 4 N–H and O–H groups in total. The number of halogens is 2. The lowest BCUT2D eigenvalue weighted by atomic mass is 10.3. The lowest BCUT2D eigenvalue weighted by molar-refractivity contribution is -0.383. The summed E-state index contributed by atoms with van der Waals surface area (Å²) < 4.78 is 24.9. The Morgan fingerprint density at radius 2 is 2.26 bits per heavy atom. The molecule has 1 aromatic heterocycles. The molecule has 0 spiro atoms. The molecule has 9 nitrogen and oxygen atoms in total. The molecule has 0 saturated heterocycles. The average Bonchev–Trinajstić information content (AvgIpc) is 2.36. The predicted octanol–water partition coefficient (Wildman–Crippen LogP) is -0.266. The number of nitrogens with two attached hydrogens (primary N) is 1. The summed E-state index contributed by atoms with van der Waals surface area (Å²) in [5.41, 5.74) is 1.37. The monoisotopic (exact) mass is 278 g/mol. The fourth-order valence-electron chi connectivity index (χ4n) is 1.45. The van der Waals surface area contributed by atoms with Crippen molar-refractivity contribution in [1.82, 2.24) is 9.97 Å². The highest BCUT2D eigenvalue weighted by molar-refractivity contribution is 5.69. The van der Waals surface area contributed by atoms with Gasteiger partial charge in [0.2, 0.25) is 11.6 Å². The normalized spacial score (nSPS) is 10.6. The molecular weight excluding hydrogens is 266 g/mol. The largest absolute Gasteiger partial charge is 0.395 e. The zero-order valence-electron chi connectivity index (χ0n) is 9.66. The quantitative estimate of drug-likeness (QED) is 0.353. The van der Waals surface area contributed by atoms with E-state index in [0.717, 1.165) is 11.2 Å². The van der Waals surface area contributed by atoms with Gasteiger partial charge in [-0.15, -0.1) is 0 Å². The smallest absolute Gasteiger partial charge is 0.354 e. The third-order valence-corrected chi connectivity index (χ3v) is 2.15. The Morgan fingerprint density at radius 3 is 2.74 bits per heavy atom. The first-order valence-electron chi connectivity index (χ1n) is 5.11. The average molecular weight is 278 g/mol. The highest BCUT2D eigenvalue weighted by atomic mass is 19.3. The van der Waals surface area contributed by atoms with Crippen molar-refractivity contribution in [2.75, 3.05) is 30.0 Å². The highest BCUT2D eigenvalue weighted by Gasteiger charge is 2.27. The second kappa shape index (κ2) is 6.70. The van der Waals surface area contributed by atoms with Crippen molar-refractivity contribution < 1.29 is 18.8 Å². The molecule has 0 amide bonds. The van der Waals surface area contributed by atoms with Crippen molar-refractivity contribution in [2.24, 2.45) is 5.84 Å². The number of alkyl halides is 2. The zero-order valence-corrected chi connectivity index (χ0v) is 9.66. The van der Waals surface area contributed by atoms with Crippen LogP contribution in [0, 0.1) is 10.1 Å². The minimum absolute atomic E-state index is 0.230. The van der Waals surface area contributed by atoms with E-state index in [1.165, 1.54) is 0 Å². The Balaban J connectivity index is 3.24. The second-order valence-corrected chi connectivity index (χ2v) is 3.36. The molecule has 1 aromatic rings. The third-order valence-electron chi connectivity index (χ3n) is 2.15. The van der Waals surface area contributed by atoms with Crippen LogP contribution in [-0.2, 0) is 0 Å². The first-order valence-corrected chi connectivity index (χ1v) is 5.11. The molecule has 0 aliphatic carbocycles. The Morgan fingerprint density at radius 1 is 1.58 bits per heavy atom. The number of hydrazine groups is 1. The van der Waals surface area contributed by atoms with E-state index < -0.39 is 30.2 Å². The molecule has 106 valence electrons. The summed E-state index contributed by atoms with van der Waals surface area (Å²) in [6.45, 7) is -1.49. The van der Waals surface area contributed by atoms with Crippen LogP contribution in [0.15, 0.2) is 6.33 Å². The molecule has 0 unspecified atom stereocenters. The van der Waals surface area contributed by atoms with Crippen molar-refractivity contribution in [3.63, 3.8) is 0 Å². The van der Waals surface area contributed by atoms with E-state index in [2.05, 4.69) is 9.97 Å². The van der Waals surface area contributed by atoms with Crippen LogP contribution in [0.25, 0.3) is 0 Å². The van der Waals surface area contributed by atoms with Crippen LogP contribution in [0.3, 0.4) is 0 Å². The molecule has 0 bridgehead atoms. The van der Waals surface area contributed by atoms with Crippen LogP contribution in [0.2, 0.25) is 0 Å². The first kappa shape index (κ1) is 14.9. The van der Waals surface area contributed by atoms with Crippen molar-refractivity contribution in [3.05, 3.63) is 16.4 Å². The summed E-state index contributed by atoms with van der Waals surface area (Å²) in [6.07, 6.45) is -1.79. The molecule has 0 fully saturated rings. The van der Waals surface area contributed by atoms with Gasteiger partial charge in [0.25, 0.3) is 6.43 Å². The summed E-state index contributed by atoms with van der Waals surface area (Å²) >= 11 is 0. The molecule has 0 aliphatic rings. The molecule has 11 heteroatoms. The van der Waals surface area contributed by atoms with Crippen LogP contribution in [0.4, 0.5) is 26.1 Å². The predicted molar refractivity (Wildman–Crippen MR) is 61.8 cm³/mol. The van der Waals surface area contributed by atoms with E-state index in [0.29, 0.717) is 0 Å². The van der Waals surface area contributed by atoms with Crippen LogP contribution in [0.1, 0.15) is 0 Å². The van der Waals surface area contributed by atoms with Crippen molar-refractivity contribution >= 4 is 17.3 Å². The molecular formula is C8H12F2N6O3. The summed E-state index contributed by atoms with van der Waals surface area (Å²) in [5.74, 6) is 4.44. The van der Waals surface area contributed by atoms with Crippen LogP contribution in [-0.4, -0.2) is 46.1 Å². The maximum absolute atomic E-state index is 12.4. The van der Waals surface area contributed by atoms with Gasteiger partial charge in [-0.2, -0.15) is 0 Å². The first-order chi connectivity index (χ1) is 9.01. The molecule has 19 heavy (non-hydrogen) atoms. The van der Waals surface area contributed by atoms with Gasteiger partial charge in [-0.1, -0.05) is 0 Å². The number of aromatic nitrogens is 2. The van der Waals surface area contributed by atoms with Gasteiger partial charge in [-0.05, 0) is 0 Å². The van der Waals surface area contributed by atoms with E-state index in [-0.39, 0.29) is 18.2 Å². The number of nitrogens with one attached hydrogen (secondary N) is 1. The minimum atomic E-state index is -2.74. The van der Waals surface area contributed by atoms with Gasteiger partial charge < -0.3 is 15.4 Å². The summed E-state index contributed by atoms with van der Waals surface area (Å²) in [5, 5.41) is 19.8. The Hall–Kier alpha value is -2.14. The van der Waals surface area contributed by atoms with Crippen LogP contribution >= 0.6 is 0 Å². The van der Waals surface area contributed by atoms with E-state index in [4.69, 9.17) is 10.9 Å². The van der Waals surface area contributed by atoms with E-state index in [1.54, 1.807) is 0 Å². The maximum Gasteiger partial charge on any atom is 0.354 e. The zero-order chi connectivity index (χ0) is 14.4. The van der Waals surface area contributed by atoms with Gasteiger partial charge >= 0.3 is 5.69 Å². The van der Waals surface area contributed by atoms with Gasteiger partial charge in [-0.25, -0.2) is 24.6 Å². The fraction of sp³-hybridized carbons (Fsp3) is 0.500. The summed E-state index contributed by atoms with van der Waals surface area (Å²) in [7, 11) is 0. The standard InChI is InChI=1S/C8H12F2N6O3/c9-5(10)3-15(1-2-17)8-6(16(18)19)7(14-11)12-4-13-8/h4-5,17H,1-3,11H2,(H,12,13,14). The van der Waals surface area contributed by atoms with Gasteiger partial charge in [0.1, 0.15) is 6.33 Å². The van der Waals surface area contributed by atoms with Gasteiger partial charge in [0, 0.05) is 6.54 Å².